The first kappa shape index (κ1) is 16.7. The van der Waals surface area contributed by atoms with Gasteiger partial charge in [-0.2, -0.15) is 0 Å². The smallest absolute Gasteiger partial charge is 0.160 e. The molecule has 1 saturated heterocycles. The van der Waals surface area contributed by atoms with Crippen LogP contribution < -0.4 is 4.90 Å². The Bertz CT molecular complexity index is 519. The number of Topliss-reactive ketones (excluding diaryl/α,β-unsaturated/α-hetero) is 1. The predicted octanol–water partition coefficient (Wildman–Crippen LogP) is 2.88. The van der Waals surface area contributed by atoms with Gasteiger partial charge in [0.2, 0.25) is 0 Å². The summed E-state index contributed by atoms with van der Waals surface area (Å²) in [5.74, 6) is 0.674. The van der Waals surface area contributed by atoms with E-state index < -0.39 is 0 Å². The molecular formula is C18H25NO3. The summed E-state index contributed by atoms with van der Waals surface area (Å²) in [5, 5.41) is 0. The maximum Gasteiger partial charge on any atom is 0.160 e. The number of aldehydes is 1. The Morgan fingerprint density at radius 2 is 2.09 bits per heavy atom. The van der Waals surface area contributed by atoms with Gasteiger partial charge in [0.05, 0.1) is 6.61 Å². The van der Waals surface area contributed by atoms with E-state index in [0.717, 1.165) is 49.8 Å². The summed E-state index contributed by atoms with van der Waals surface area (Å²) in [6.07, 6.45) is 3.83. The molecular weight excluding hydrogens is 278 g/mol. The third-order valence-corrected chi connectivity index (χ3v) is 4.37. The molecule has 0 radical (unpaired) electrons. The molecule has 2 rings (SSSR count). The second kappa shape index (κ2) is 8.08. The van der Waals surface area contributed by atoms with Gasteiger partial charge in [-0.1, -0.05) is 6.92 Å². The fourth-order valence-electron chi connectivity index (χ4n) is 3.05. The van der Waals surface area contributed by atoms with Crippen LogP contribution in [0.1, 0.15) is 42.6 Å². The lowest BCUT2D eigenvalue weighted by molar-refractivity contribution is -0.112. The van der Waals surface area contributed by atoms with Gasteiger partial charge in [-0.05, 0) is 55.9 Å². The monoisotopic (exact) mass is 303 g/mol. The average molecular weight is 303 g/mol. The van der Waals surface area contributed by atoms with Crippen LogP contribution in [-0.2, 0) is 16.0 Å². The standard InChI is InChI=1S/C18H25NO3/c1-3-16-12-17(4-5-18(16)14(2)21)19-8-6-15(7-9-19)13-22-11-10-20/h4-5,10,12,15H,3,6-9,11,13H2,1-2H3. The minimum absolute atomic E-state index is 0.134. The van der Waals surface area contributed by atoms with Gasteiger partial charge in [-0.25, -0.2) is 0 Å². The third kappa shape index (κ3) is 4.17. The Labute approximate surface area is 132 Å². The summed E-state index contributed by atoms with van der Waals surface area (Å²) < 4.78 is 5.32. The van der Waals surface area contributed by atoms with E-state index in [-0.39, 0.29) is 12.4 Å². The van der Waals surface area contributed by atoms with Crippen molar-refractivity contribution < 1.29 is 14.3 Å². The number of aryl methyl sites for hydroxylation is 1. The highest BCUT2D eigenvalue weighted by atomic mass is 16.5. The zero-order valence-electron chi connectivity index (χ0n) is 13.5. The lowest BCUT2D eigenvalue weighted by Crippen LogP contribution is -2.35. The van der Waals surface area contributed by atoms with Crippen molar-refractivity contribution in [1.29, 1.82) is 0 Å². The molecule has 1 aliphatic rings. The molecule has 22 heavy (non-hydrogen) atoms. The van der Waals surface area contributed by atoms with Gasteiger partial charge >= 0.3 is 0 Å². The number of nitrogens with zero attached hydrogens (tertiary/aromatic N) is 1. The van der Waals surface area contributed by atoms with Crippen LogP contribution in [0.3, 0.4) is 0 Å². The molecule has 1 fully saturated rings. The molecule has 4 heteroatoms. The van der Waals surface area contributed by atoms with Crippen LogP contribution in [0.5, 0.6) is 0 Å². The Kier molecular flexibility index (Phi) is 6.13. The highest BCUT2D eigenvalue weighted by Gasteiger charge is 2.20. The van der Waals surface area contributed by atoms with E-state index in [2.05, 4.69) is 24.0 Å². The second-order valence-corrected chi connectivity index (χ2v) is 5.89. The van der Waals surface area contributed by atoms with Gasteiger partial charge < -0.3 is 14.4 Å². The molecule has 0 spiro atoms. The summed E-state index contributed by atoms with van der Waals surface area (Å²) >= 11 is 0. The minimum Gasteiger partial charge on any atom is -0.374 e. The number of ether oxygens (including phenoxy) is 1. The molecule has 0 aromatic heterocycles. The van der Waals surface area contributed by atoms with Crippen molar-refractivity contribution in [3.63, 3.8) is 0 Å². The SMILES string of the molecule is CCc1cc(N2CCC(COCC=O)CC2)ccc1C(C)=O. The number of piperidine rings is 1. The average Bonchev–Trinajstić information content (AvgIpc) is 2.55. The van der Waals surface area contributed by atoms with Crippen molar-refractivity contribution in [1.82, 2.24) is 0 Å². The van der Waals surface area contributed by atoms with Gasteiger partial charge in [0.15, 0.2) is 5.78 Å². The first-order valence-corrected chi connectivity index (χ1v) is 8.05. The normalized spacial score (nSPS) is 15.8. The maximum atomic E-state index is 11.6. The van der Waals surface area contributed by atoms with Gasteiger partial charge in [-0.3, -0.25) is 4.79 Å². The van der Waals surface area contributed by atoms with E-state index in [4.69, 9.17) is 4.74 Å². The molecule has 4 nitrogen and oxygen atoms in total. The van der Waals surface area contributed by atoms with Crippen LogP contribution in [0, 0.1) is 5.92 Å². The highest BCUT2D eigenvalue weighted by Crippen LogP contribution is 2.26. The Morgan fingerprint density at radius 1 is 1.36 bits per heavy atom. The van der Waals surface area contributed by atoms with Crippen molar-refractivity contribution in [2.75, 3.05) is 31.2 Å². The summed E-state index contributed by atoms with van der Waals surface area (Å²) in [6.45, 7) is 6.58. The largest absolute Gasteiger partial charge is 0.374 e. The molecule has 0 amide bonds. The summed E-state index contributed by atoms with van der Waals surface area (Å²) in [5.41, 5.74) is 3.17. The number of benzene rings is 1. The maximum absolute atomic E-state index is 11.6. The zero-order valence-corrected chi connectivity index (χ0v) is 13.5. The Balaban J connectivity index is 1.96. The van der Waals surface area contributed by atoms with Crippen LogP contribution in [0.15, 0.2) is 18.2 Å². The first-order chi connectivity index (χ1) is 10.7. The molecule has 0 N–H and O–H groups in total. The van der Waals surface area contributed by atoms with E-state index in [1.165, 1.54) is 5.69 Å². The van der Waals surface area contributed by atoms with E-state index >= 15 is 0 Å². The molecule has 0 unspecified atom stereocenters. The van der Waals surface area contributed by atoms with Crippen molar-refractivity contribution in [2.24, 2.45) is 5.92 Å². The third-order valence-electron chi connectivity index (χ3n) is 4.37. The lowest BCUT2D eigenvalue weighted by Gasteiger charge is -2.33. The summed E-state index contributed by atoms with van der Waals surface area (Å²) in [7, 11) is 0. The fraction of sp³-hybridized carbons (Fsp3) is 0.556. The highest BCUT2D eigenvalue weighted by molar-refractivity contribution is 5.96. The second-order valence-electron chi connectivity index (χ2n) is 5.89. The number of carbonyl (C=O) groups is 2. The van der Waals surface area contributed by atoms with Crippen molar-refractivity contribution >= 4 is 17.8 Å². The number of carbonyl (C=O) groups excluding carboxylic acids is 2. The van der Waals surface area contributed by atoms with E-state index in [9.17, 15) is 9.59 Å². The Hall–Kier alpha value is -1.68. The van der Waals surface area contributed by atoms with E-state index in [1.54, 1.807) is 6.92 Å². The molecule has 0 aliphatic carbocycles. The van der Waals surface area contributed by atoms with Gasteiger partial charge in [0, 0.05) is 24.3 Å². The molecule has 0 saturated carbocycles. The molecule has 1 aromatic rings. The van der Waals surface area contributed by atoms with Gasteiger partial charge in [0.1, 0.15) is 12.9 Å². The summed E-state index contributed by atoms with van der Waals surface area (Å²) in [6, 6.07) is 6.16. The number of hydrogen-bond donors (Lipinski definition) is 0. The van der Waals surface area contributed by atoms with E-state index in [0.29, 0.717) is 12.5 Å². The minimum atomic E-state index is 0.134. The Morgan fingerprint density at radius 3 is 2.68 bits per heavy atom. The van der Waals surface area contributed by atoms with Gasteiger partial charge in [-0.15, -0.1) is 0 Å². The molecule has 1 aliphatic heterocycles. The van der Waals surface area contributed by atoms with Crippen LogP contribution in [-0.4, -0.2) is 38.4 Å². The molecule has 0 atom stereocenters. The van der Waals surface area contributed by atoms with Gasteiger partial charge in [0.25, 0.3) is 0 Å². The quantitative estimate of drug-likeness (QED) is 0.441. The van der Waals surface area contributed by atoms with Crippen LogP contribution in [0.25, 0.3) is 0 Å². The lowest BCUT2D eigenvalue weighted by atomic mass is 9.96. The van der Waals surface area contributed by atoms with Crippen LogP contribution in [0.4, 0.5) is 5.69 Å². The molecule has 0 bridgehead atoms. The van der Waals surface area contributed by atoms with Crippen LogP contribution in [0.2, 0.25) is 0 Å². The number of anilines is 1. The molecule has 120 valence electrons. The van der Waals surface area contributed by atoms with Crippen molar-refractivity contribution in [3.05, 3.63) is 29.3 Å². The fourth-order valence-corrected chi connectivity index (χ4v) is 3.05. The molecule has 1 heterocycles. The van der Waals surface area contributed by atoms with Crippen molar-refractivity contribution in [3.8, 4) is 0 Å². The zero-order chi connectivity index (χ0) is 15.9. The molecule has 1 aromatic carbocycles. The summed E-state index contributed by atoms with van der Waals surface area (Å²) in [4.78, 5) is 24.3. The number of hydrogen-bond acceptors (Lipinski definition) is 4. The van der Waals surface area contributed by atoms with Crippen molar-refractivity contribution in [2.45, 2.75) is 33.1 Å². The number of rotatable bonds is 7. The van der Waals surface area contributed by atoms with E-state index in [1.807, 2.05) is 6.07 Å². The van der Waals surface area contributed by atoms with Crippen LogP contribution >= 0.6 is 0 Å². The topological polar surface area (TPSA) is 46.6 Å². The first-order valence-electron chi connectivity index (χ1n) is 8.05. The number of ketones is 1. The predicted molar refractivity (Wildman–Crippen MR) is 87.6 cm³/mol.